The van der Waals surface area contributed by atoms with Crippen LogP contribution in [0.25, 0.3) is 0 Å². The second-order valence-corrected chi connectivity index (χ2v) is 6.39. The Kier molecular flexibility index (Phi) is 5.53. The minimum atomic E-state index is -0.436. The van der Waals surface area contributed by atoms with Gasteiger partial charge in [-0.2, -0.15) is 0 Å². The Morgan fingerprint density at radius 2 is 1.96 bits per heavy atom. The smallest absolute Gasteiger partial charge is 0.317 e. The van der Waals surface area contributed by atoms with Gasteiger partial charge in [0.15, 0.2) is 0 Å². The molecule has 4 amide bonds. The van der Waals surface area contributed by atoms with Gasteiger partial charge in [0, 0.05) is 38.3 Å². The van der Waals surface area contributed by atoms with Crippen molar-refractivity contribution >= 4 is 17.8 Å². The minimum absolute atomic E-state index is 0.0900. The van der Waals surface area contributed by atoms with Crippen LogP contribution in [0.15, 0.2) is 30.3 Å². The van der Waals surface area contributed by atoms with Crippen molar-refractivity contribution in [2.75, 3.05) is 32.7 Å². The maximum absolute atomic E-state index is 12.7. The molecule has 0 unspecified atom stereocenters. The number of nitrogens with zero attached hydrogens (tertiary/aromatic N) is 2. The largest absolute Gasteiger partial charge is 0.353 e. The van der Waals surface area contributed by atoms with E-state index in [2.05, 4.69) is 10.6 Å². The molecule has 0 aromatic heterocycles. The molecule has 1 aromatic carbocycles. The number of benzene rings is 1. The van der Waals surface area contributed by atoms with Gasteiger partial charge in [-0.1, -0.05) is 18.2 Å². The van der Waals surface area contributed by atoms with Crippen molar-refractivity contribution < 1.29 is 14.4 Å². The molecule has 134 valence electrons. The molecule has 0 bridgehead atoms. The van der Waals surface area contributed by atoms with Gasteiger partial charge in [-0.05, 0) is 31.4 Å². The van der Waals surface area contributed by atoms with E-state index in [0.29, 0.717) is 44.7 Å². The third kappa shape index (κ3) is 4.10. The van der Waals surface area contributed by atoms with Gasteiger partial charge in [-0.25, -0.2) is 4.79 Å². The Labute approximate surface area is 147 Å². The van der Waals surface area contributed by atoms with Gasteiger partial charge in [0.05, 0.1) is 0 Å². The number of likely N-dealkylation sites (tertiary alicyclic amines) is 1. The lowest BCUT2D eigenvalue weighted by Gasteiger charge is -2.35. The normalized spacial score (nSPS) is 20.3. The molecule has 25 heavy (non-hydrogen) atoms. The molecule has 0 aliphatic carbocycles. The van der Waals surface area contributed by atoms with E-state index in [0.717, 1.165) is 12.8 Å². The first-order valence-corrected chi connectivity index (χ1v) is 8.83. The summed E-state index contributed by atoms with van der Waals surface area (Å²) in [5.41, 5.74) is 0.607. The Bertz CT molecular complexity index is 634. The summed E-state index contributed by atoms with van der Waals surface area (Å²) in [6, 6.07) is 8.55. The van der Waals surface area contributed by atoms with Crippen LogP contribution in [0, 0.1) is 0 Å². The van der Waals surface area contributed by atoms with Gasteiger partial charge >= 0.3 is 6.03 Å². The quantitative estimate of drug-likeness (QED) is 0.830. The molecule has 1 atom stereocenters. The summed E-state index contributed by atoms with van der Waals surface area (Å²) in [5, 5.41) is 5.61. The number of carbonyl (C=O) groups is 3. The van der Waals surface area contributed by atoms with E-state index in [-0.39, 0.29) is 17.8 Å². The van der Waals surface area contributed by atoms with Crippen LogP contribution in [0.3, 0.4) is 0 Å². The molecule has 7 heteroatoms. The molecule has 7 nitrogen and oxygen atoms in total. The maximum Gasteiger partial charge on any atom is 0.317 e. The predicted octanol–water partition coefficient (Wildman–Crippen LogP) is 0.823. The zero-order valence-corrected chi connectivity index (χ0v) is 14.2. The van der Waals surface area contributed by atoms with Crippen LogP contribution in [0.2, 0.25) is 0 Å². The number of carbonyl (C=O) groups excluding carboxylic acids is 3. The molecule has 2 fully saturated rings. The Morgan fingerprint density at radius 1 is 1.16 bits per heavy atom. The van der Waals surface area contributed by atoms with E-state index in [1.54, 1.807) is 21.9 Å². The standard InChI is InChI=1S/C18H24N4O3/c23-16(19-9-12-21-13-10-20-18(21)25)15-8-4-5-11-22(15)17(24)14-6-2-1-3-7-14/h1-3,6-7,15H,4-5,8-13H2,(H,19,23)(H,20,25)/t15-/m0/s1. The van der Waals surface area contributed by atoms with Crippen LogP contribution in [-0.4, -0.2) is 66.4 Å². The highest BCUT2D eigenvalue weighted by Crippen LogP contribution is 2.20. The fourth-order valence-corrected chi connectivity index (χ4v) is 3.35. The van der Waals surface area contributed by atoms with E-state index in [1.165, 1.54) is 0 Å². The highest BCUT2D eigenvalue weighted by Gasteiger charge is 2.32. The van der Waals surface area contributed by atoms with Crippen LogP contribution in [0.1, 0.15) is 29.6 Å². The fourth-order valence-electron chi connectivity index (χ4n) is 3.35. The first-order valence-electron chi connectivity index (χ1n) is 8.83. The highest BCUT2D eigenvalue weighted by atomic mass is 16.2. The number of piperidine rings is 1. The topological polar surface area (TPSA) is 81.8 Å². The SMILES string of the molecule is O=C(NCCN1CCNC1=O)[C@@H]1CCCCN1C(=O)c1ccccc1. The van der Waals surface area contributed by atoms with Crippen LogP contribution >= 0.6 is 0 Å². The summed E-state index contributed by atoms with van der Waals surface area (Å²) in [4.78, 5) is 40.2. The van der Waals surface area contributed by atoms with Crippen LogP contribution in [0.5, 0.6) is 0 Å². The molecule has 0 radical (unpaired) electrons. The van der Waals surface area contributed by atoms with Crippen molar-refractivity contribution in [1.29, 1.82) is 0 Å². The Morgan fingerprint density at radius 3 is 2.68 bits per heavy atom. The predicted molar refractivity (Wildman–Crippen MR) is 93.1 cm³/mol. The molecule has 2 aliphatic rings. The number of amides is 4. The third-order valence-corrected chi connectivity index (χ3v) is 4.71. The number of nitrogens with one attached hydrogen (secondary N) is 2. The highest BCUT2D eigenvalue weighted by molar-refractivity contribution is 5.97. The van der Waals surface area contributed by atoms with Gasteiger partial charge < -0.3 is 20.4 Å². The van der Waals surface area contributed by atoms with Crippen molar-refractivity contribution in [3.05, 3.63) is 35.9 Å². The van der Waals surface area contributed by atoms with Crippen molar-refractivity contribution in [3.8, 4) is 0 Å². The summed E-state index contributed by atoms with van der Waals surface area (Å²) < 4.78 is 0. The third-order valence-electron chi connectivity index (χ3n) is 4.71. The maximum atomic E-state index is 12.7. The molecular formula is C18H24N4O3. The fraction of sp³-hybridized carbons (Fsp3) is 0.500. The van der Waals surface area contributed by atoms with Gasteiger partial charge in [-0.15, -0.1) is 0 Å². The van der Waals surface area contributed by atoms with Gasteiger partial charge in [0.2, 0.25) is 5.91 Å². The lowest BCUT2D eigenvalue weighted by atomic mass is 10.00. The van der Waals surface area contributed by atoms with Crippen molar-refractivity contribution in [2.24, 2.45) is 0 Å². The van der Waals surface area contributed by atoms with Crippen molar-refractivity contribution in [1.82, 2.24) is 20.4 Å². The summed E-state index contributed by atoms with van der Waals surface area (Å²) in [6.45, 7) is 2.79. The van der Waals surface area contributed by atoms with E-state index in [1.807, 2.05) is 18.2 Å². The van der Waals surface area contributed by atoms with Gasteiger partial charge in [0.1, 0.15) is 6.04 Å². The van der Waals surface area contributed by atoms with Crippen LogP contribution in [-0.2, 0) is 4.79 Å². The summed E-state index contributed by atoms with van der Waals surface area (Å²) >= 11 is 0. The summed E-state index contributed by atoms with van der Waals surface area (Å²) in [5.74, 6) is -0.233. The number of hydrogen-bond acceptors (Lipinski definition) is 3. The molecule has 0 spiro atoms. The van der Waals surface area contributed by atoms with Crippen molar-refractivity contribution in [2.45, 2.75) is 25.3 Å². The van der Waals surface area contributed by atoms with Gasteiger partial charge in [-0.3, -0.25) is 9.59 Å². The molecule has 2 saturated heterocycles. The first-order chi connectivity index (χ1) is 12.2. The zero-order chi connectivity index (χ0) is 17.6. The van der Waals surface area contributed by atoms with Crippen LogP contribution in [0.4, 0.5) is 4.79 Å². The molecule has 2 N–H and O–H groups in total. The minimum Gasteiger partial charge on any atom is -0.353 e. The van der Waals surface area contributed by atoms with E-state index in [9.17, 15) is 14.4 Å². The second-order valence-electron chi connectivity index (χ2n) is 6.39. The number of hydrogen-bond donors (Lipinski definition) is 2. The van der Waals surface area contributed by atoms with Crippen molar-refractivity contribution in [3.63, 3.8) is 0 Å². The van der Waals surface area contributed by atoms with E-state index < -0.39 is 6.04 Å². The van der Waals surface area contributed by atoms with Crippen LogP contribution < -0.4 is 10.6 Å². The van der Waals surface area contributed by atoms with E-state index >= 15 is 0 Å². The van der Waals surface area contributed by atoms with E-state index in [4.69, 9.17) is 0 Å². The molecule has 1 aromatic rings. The Hall–Kier alpha value is -2.57. The lowest BCUT2D eigenvalue weighted by Crippen LogP contribution is -2.52. The average molecular weight is 344 g/mol. The summed E-state index contributed by atoms with van der Waals surface area (Å²) in [7, 11) is 0. The monoisotopic (exact) mass is 344 g/mol. The number of rotatable bonds is 5. The molecular weight excluding hydrogens is 320 g/mol. The number of urea groups is 1. The first kappa shape index (κ1) is 17.3. The van der Waals surface area contributed by atoms with Gasteiger partial charge in [0.25, 0.3) is 5.91 Å². The zero-order valence-electron chi connectivity index (χ0n) is 14.2. The molecule has 0 saturated carbocycles. The molecule has 2 aliphatic heterocycles. The Balaban J connectivity index is 1.57. The summed E-state index contributed by atoms with van der Waals surface area (Å²) in [6.07, 6.45) is 2.52. The molecule has 2 heterocycles. The molecule has 3 rings (SSSR count). The second kappa shape index (κ2) is 8.00. The lowest BCUT2D eigenvalue weighted by molar-refractivity contribution is -0.126. The average Bonchev–Trinajstić information content (AvgIpc) is 3.06.